The molecule has 0 radical (unpaired) electrons. The van der Waals surface area contributed by atoms with E-state index in [9.17, 15) is 8.78 Å². The van der Waals surface area contributed by atoms with Crippen molar-refractivity contribution in [2.24, 2.45) is 5.92 Å². The molecule has 1 heterocycles. The molecule has 1 aromatic heterocycles. The number of alkyl halides is 2. The molecule has 0 unspecified atom stereocenters. The average Bonchev–Trinajstić information content (AvgIpc) is 3.39. The van der Waals surface area contributed by atoms with Crippen LogP contribution in [0.15, 0.2) is 30.3 Å². The van der Waals surface area contributed by atoms with Crippen molar-refractivity contribution in [3.63, 3.8) is 0 Å². The zero-order chi connectivity index (χ0) is 16.9. The third kappa shape index (κ3) is 4.07. The zero-order valence-corrected chi connectivity index (χ0v) is 12.6. The van der Waals surface area contributed by atoms with Gasteiger partial charge in [-0.2, -0.15) is 14.0 Å². The highest BCUT2D eigenvalue weighted by molar-refractivity contribution is 5.64. The number of rotatable bonds is 7. The van der Waals surface area contributed by atoms with E-state index in [1.165, 1.54) is 6.07 Å². The maximum absolute atomic E-state index is 12.5. The summed E-state index contributed by atoms with van der Waals surface area (Å²) in [4.78, 5) is 0. The predicted octanol–water partition coefficient (Wildman–Crippen LogP) is 3.43. The van der Waals surface area contributed by atoms with Gasteiger partial charge in [0.05, 0.1) is 12.3 Å². The van der Waals surface area contributed by atoms with Gasteiger partial charge in [0.1, 0.15) is 0 Å². The molecule has 3 rings (SSSR count). The monoisotopic (exact) mass is 332 g/mol. The van der Waals surface area contributed by atoms with E-state index in [1.54, 1.807) is 30.5 Å². The topological polar surface area (TPSA) is 80.1 Å². The van der Waals surface area contributed by atoms with Crippen molar-refractivity contribution >= 4 is 5.82 Å². The van der Waals surface area contributed by atoms with Crippen molar-refractivity contribution < 1.29 is 18.3 Å². The number of hydrogen-bond donors (Lipinski definition) is 1. The summed E-state index contributed by atoms with van der Waals surface area (Å²) in [6.07, 6.45) is 3.92. The number of nitrogens with zero attached hydrogens (tertiary/aromatic N) is 3. The van der Waals surface area contributed by atoms with E-state index < -0.39 is 6.61 Å². The summed E-state index contributed by atoms with van der Waals surface area (Å²) in [7, 11) is 0. The minimum atomic E-state index is -2.92. The molecule has 0 bridgehead atoms. The van der Waals surface area contributed by atoms with E-state index in [4.69, 9.17) is 10.00 Å². The minimum absolute atomic E-state index is 0.00914. The maximum atomic E-state index is 12.5. The highest BCUT2D eigenvalue weighted by Crippen LogP contribution is 2.36. The summed E-state index contributed by atoms with van der Waals surface area (Å²) in [5.41, 5.74) is 1.18. The largest absolute Gasteiger partial charge is 0.489 e. The summed E-state index contributed by atoms with van der Waals surface area (Å²) in [6.45, 7) is -2.45. The van der Waals surface area contributed by atoms with E-state index in [1.807, 2.05) is 0 Å². The summed E-state index contributed by atoms with van der Waals surface area (Å²) >= 11 is 0. The molecule has 1 aliphatic carbocycles. The van der Waals surface area contributed by atoms with Gasteiger partial charge in [-0.15, -0.1) is 10.2 Å². The minimum Gasteiger partial charge on any atom is -0.489 e. The molecule has 1 saturated carbocycles. The van der Waals surface area contributed by atoms with Gasteiger partial charge in [-0.25, -0.2) is 0 Å². The van der Waals surface area contributed by atoms with E-state index in [0.29, 0.717) is 29.6 Å². The highest BCUT2D eigenvalue weighted by Gasteiger charge is 2.23. The number of ether oxygens (including phenoxy) is 2. The Bertz CT molecular complexity index is 743. The average molecular weight is 332 g/mol. The van der Waals surface area contributed by atoms with E-state index in [0.717, 1.165) is 12.8 Å². The van der Waals surface area contributed by atoms with Crippen molar-refractivity contribution in [2.45, 2.75) is 19.5 Å². The second-order valence-corrected chi connectivity index (χ2v) is 5.34. The third-order valence-electron chi connectivity index (χ3n) is 3.48. The SMILES string of the molecule is N#CNc1ccc(-c2ccc(OC(F)F)c(OCC3CC3)c2)nn1. The quantitative estimate of drug-likeness (QED) is 0.618. The smallest absolute Gasteiger partial charge is 0.387 e. The first-order chi connectivity index (χ1) is 11.7. The Hall–Kier alpha value is -2.95. The van der Waals surface area contributed by atoms with Crippen LogP contribution in [0.25, 0.3) is 11.3 Å². The van der Waals surface area contributed by atoms with E-state index in [2.05, 4.69) is 20.3 Å². The normalized spacial score (nSPS) is 13.4. The second kappa shape index (κ2) is 7.08. The van der Waals surface area contributed by atoms with Gasteiger partial charge in [-0.05, 0) is 49.1 Å². The van der Waals surface area contributed by atoms with Crippen LogP contribution in [0, 0.1) is 17.4 Å². The van der Waals surface area contributed by atoms with Crippen LogP contribution in [0.1, 0.15) is 12.8 Å². The fourth-order valence-corrected chi connectivity index (χ4v) is 2.08. The van der Waals surface area contributed by atoms with Crippen LogP contribution in [0.5, 0.6) is 11.5 Å². The number of anilines is 1. The lowest BCUT2D eigenvalue weighted by Crippen LogP contribution is -2.06. The lowest BCUT2D eigenvalue weighted by atomic mass is 10.1. The van der Waals surface area contributed by atoms with Gasteiger partial charge >= 0.3 is 6.61 Å². The van der Waals surface area contributed by atoms with Gasteiger partial charge < -0.3 is 9.47 Å². The molecule has 6 nitrogen and oxygen atoms in total. The van der Waals surface area contributed by atoms with Gasteiger partial charge in [0.25, 0.3) is 0 Å². The fraction of sp³-hybridized carbons (Fsp3) is 0.312. The predicted molar refractivity (Wildman–Crippen MR) is 81.6 cm³/mol. The number of halogens is 2. The Morgan fingerprint density at radius 1 is 1.21 bits per heavy atom. The first kappa shape index (κ1) is 15.9. The Balaban J connectivity index is 1.84. The summed E-state index contributed by atoms with van der Waals surface area (Å²) < 4.78 is 35.2. The zero-order valence-electron chi connectivity index (χ0n) is 12.6. The van der Waals surface area contributed by atoms with Crippen LogP contribution in [0.3, 0.4) is 0 Å². The molecule has 0 spiro atoms. The fourth-order valence-electron chi connectivity index (χ4n) is 2.08. The molecule has 8 heteroatoms. The van der Waals surface area contributed by atoms with Crippen LogP contribution in [0.2, 0.25) is 0 Å². The number of hydrogen-bond acceptors (Lipinski definition) is 6. The number of aromatic nitrogens is 2. The molecule has 1 N–H and O–H groups in total. The molecule has 1 aliphatic rings. The second-order valence-electron chi connectivity index (χ2n) is 5.34. The van der Waals surface area contributed by atoms with Crippen molar-refractivity contribution in [2.75, 3.05) is 11.9 Å². The van der Waals surface area contributed by atoms with E-state index in [-0.39, 0.29) is 11.5 Å². The van der Waals surface area contributed by atoms with Gasteiger partial charge in [-0.1, -0.05) is 0 Å². The molecule has 0 amide bonds. The molecule has 2 aromatic rings. The van der Waals surface area contributed by atoms with Gasteiger partial charge in [0.15, 0.2) is 23.5 Å². The molecular weight excluding hydrogens is 318 g/mol. The number of nitrogens with one attached hydrogen (secondary N) is 1. The first-order valence-corrected chi connectivity index (χ1v) is 7.36. The number of benzene rings is 1. The molecule has 0 atom stereocenters. The maximum Gasteiger partial charge on any atom is 0.387 e. The van der Waals surface area contributed by atoms with Crippen molar-refractivity contribution in [1.29, 1.82) is 5.26 Å². The van der Waals surface area contributed by atoms with Gasteiger partial charge in [-0.3, -0.25) is 5.32 Å². The Morgan fingerprint density at radius 2 is 2.04 bits per heavy atom. The summed E-state index contributed by atoms with van der Waals surface area (Å²) in [5, 5.41) is 18.8. The Kier molecular flexibility index (Phi) is 4.70. The Labute approximate surface area is 137 Å². The molecule has 0 saturated heterocycles. The standard InChI is InChI=1S/C16H14F2N4O2/c17-16(18)24-13-5-3-11(7-14(13)23-8-10-1-2-10)12-4-6-15(20-9-19)22-21-12/h3-7,10,16H,1-2,8H2,(H,20,22). The highest BCUT2D eigenvalue weighted by atomic mass is 19.3. The Morgan fingerprint density at radius 3 is 2.67 bits per heavy atom. The molecule has 1 fully saturated rings. The lowest BCUT2D eigenvalue weighted by Gasteiger charge is -2.13. The molecule has 1 aromatic carbocycles. The van der Waals surface area contributed by atoms with Crippen LogP contribution in [0.4, 0.5) is 14.6 Å². The third-order valence-corrected chi connectivity index (χ3v) is 3.48. The van der Waals surface area contributed by atoms with E-state index >= 15 is 0 Å². The molecule has 24 heavy (non-hydrogen) atoms. The molecular formula is C16H14F2N4O2. The summed E-state index contributed by atoms with van der Waals surface area (Å²) in [6, 6.07) is 7.89. The van der Waals surface area contributed by atoms with Crippen LogP contribution < -0.4 is 14.8 Å². The van der Waals surface area contributed by atoms with Crippen molar-refractivity contribution in [3.05, 3.63) is 30.3 Å². The summed E-state index contributed by atoms with van der Waals surface area (Å²) in [5.74, 6) is 1.04. The molecule has 0 aliphatic heterocycles. The van der Waals surface area contributed by atoms with Crippen LogP contribution in [-0.4, -0.2) is 23.4 Å². The van der Waals surface area contributed by atoms with Gasteiger partial charge in [0.2, 0.25) is 0 Å². The van der Waals surface area contributed by atoms with Crippen molar-refractivity contribution in [3.8, 4) is 28.9 Å². The van der Waals surface area contributed by atoms with Crippen LogP contribution >= 0.6 is 0 Å². The first-order valence-electron chi connectivity index (χ1n) is 7.36. The van der Waals surface area contributed by atoms with Gasteiger partial charge in [0, 0.05) is 5.56 Å². The molecule has 124 valence electrons. The number of nitriles is 1. The van der Waals surface area contributed by atoms with Crippen LogP contribution in [-0.2, 0) is 0 Å². The lowest BCUT2D eigenvalue weighted by molar-refractivity contribution is -0.0515. The van der Waals surface area contributed by atoms with Crippen molar-refractivity contribution in [1.82, 2.24) is 10.2 Å².